The highest BCUT2D eigenvalue weighted by Gasteiger charge is 2.35. The van der Waals surface area contributed by atoms with E-state index in [4.69, 9.17) is 21.1 Å². The molecule has 0 N–H and O–H groups in total. The Morgan fingerprint density at radius 1 is 0.973 bits per heavy atom. The zero-order valence-electron chi connectivity index (χ0n) is 19.7. The van der Waals surface area contributed by atoms with Crippen LogP contribution in [-0.2, 0) is 17.9 Å². The Morgan fingerprint density at radius 2 is 1.70 bits per heavy atom. The van der Waals surface area contributed by atoms with Crippen molar-refractivity contribution in [2.24, 2.45) is 0 Å². The van der Waals surface area contributed by atoms with Crippen molar-refractivity contribution in [3.63, 3.8) is 0 Å². The number of nitrogens with zero attached hydrogens (tertiary/aromatic N) is 1. The van der Waals surface area contributed by atoms with E-state index in [0.29, 0.717) is 31.5 Å². The normalized spacial score (nSPS) is 14.6. The molecule has 0 radical (unpaired) electrons. The molecule has 0 unspecified atom stereocenters. The molecule has 2 amide bonds. The van der Waals surface area contributed by atoms with Gasteiger partial charge in [-0.2, -0.15) is 0 Å². The van der Waals surface area contributed by atoms with Gasteiger partial charge >= 0.3 is 0 Å². The fraction of sp³-hybridized carbons (Fsp3) is 0.103. The molecule has 5 rings (SSSR count). The summed E-state index contributed by atoms with van der Waals surface area (Å²) in [7, 11) is 1.55. The molecule has 0 bridgehead atoms. The van der Waals surface area contributed by atoms with Gasteiger partial charge in [-0.3, -0.25) is 14.5 Å². The summed E-state index contributed by atoms with van der Waals surface area (Å²) in [6.07, 6.45) is 1.69. The number of carbonyl (C=O) groups excluding carboxylic acids is 2. The van der Waals surface area contributed by atoms with E-state index >= 15 is 0 Å². The molecule has 5 nitrogen and oxygen atoms in total. The van der Waals surface area contributed by atoms with Crippen molar-refractivity contribution < 1.29 is 19.1 Å². The van der Waals surface area contributed by atoms with E-state index in [-0.39, 0.29) is 24.3 Å². The van der Waals surface area contributed by atoms with Crippen LogP contribution in [0.25, 0.3) is 16.8 Å². The minimum Gasteiger partial charge on any atom is -0.493 e. The lowest BCUT2D eigenvalue weighted by Gasteiger charge is -2.15. The van der Waals surface area contributed by atoms with Crippen molar-refractivity contribution in [3.05, 3.63) is 110 Å². The third-order valence-corrected chi connectivity index (χ3v) is 7.83. The fourth-order valence-electron chi connectivity index (χ4n) is 4.12. The second kappa shape index (κ2) is 11.0. The second-order valence-corrected chi connectivity index (χ2v) is 10.6. The third kappa shape index (κ3) is 5.39. The number of amides is 2. The Bertz CT molecular complexity index is 1550. The number of halogens is 2. The highest BCUT2D eigenvalue weighted by molar-refractivity contribution is 9.10. The minimum absolute atomic E-state index is 0.213. The summed E-state index contributed by atoms with van der Waals surface area (Å²) in [4.78, 5) is 27.6. The summed E-state index contributed by atoms with van der Waals surface area (Å²) in [5.41, 5.74) is 2.47. The minimum atomic E-state index is -0.322. The van der Waals surface area contributed by atoms with Crippen LogP contribution in [0.15, 0.2) is 88.2 Å². The Balaban J connectivity index is 1.37. The van der Waals surface area contributed by atoms with Gasteiger partial charge in [0, 0.05) is 10.6 Å². The molecule has 0 atom stereocenters. The molecule has 1 heterocycles. The van der Waals surface area contributed by atoms with E-state index in [1.165, 1.54) is 4.90 Å². The Kier molecular flexibility index (Phi) is 7.55. The van der Waals surface area contributed by atoms with Gasteiger partial charge in [0.05, 0.1) is 23.0 Å². The summed E-state index contributed by atoms with van der Waals surface area (Å²) in [5.74, 6) is 0.684. The van der Waals surface area contributed by atoms with Crippen molar-refractivity contribution in [2.75, 3.05) is 7.11 Å². The Morgan fingerprint density at radius 3 is 2.51 bits per heavy atom. The summed E-state index contributed by atoms with van der Waals surface area (Å²) in [6.45, 7) is 0.478. The van der Waals surface area contributed by atoms with Gasteiger partial charge in [-0.05, 0) is 73.9 Å². The highest BCUT2D eigenvalue weighted by Crippen LogP contribution is 2.40. The van der Waals surface area contributed by atoms with E-state index in [1.54, 1.807) is 19.3 Å². The van der Waals surface area contributed by atoms with Crippen molar-refractivity contribution in [1.82, 2.24) is 4.90 Å². The fourth-order valence-corrected chi connectivity index (χ4v) is 5.72. The van der Waals surface area contributed by atoms with E-state index in [1.807, 2.05) is 72.8 Å². The lowest BCUT2D eigenvalue weighted by Crippen LogP contribution is -2.27. The van der Waals surface area contributed by atoms with Crippen molar-refractivity contribution in [2.45, 2.75) is 13.2 Å². The Labute approximate surface area is 232 Å². The third-order valence-electron chi connectivity index (χ3n) is 5.96. The lowest BCUT2D eigenvalue weighted by atomic mass is 10.0. The number of carbonyl (C=O) groups is 2. The largest absolute Gasteiger partial charge is 0.493 e. The number of rotatable bonds is 7. The second-order valence-electron chi connectivity index (χ2n) is 8.32. The zero-order chi connectivity index (χ0) is 25.9. The van der Waals surface area contributed by atoms with Crippen LogP contribution >= 0.6 is 39.3 Å². The van der Waals surface area contributed by atoms with Gasteiger partial charge in [-0.25, -0.2) is 0 Å². The van der Waals surface area contributed by atoms with E-state index in [9.17, 15) is 9.59 Å². The van der Waals surface area contributed by atoms with E-state index in [2.05, 4.69) is 15.9 Å². The number of benzene rings is 4. The monoisotopic (exact) mass is 593 g/mol. The lowest BCUT2D eigenvalue weighted by molar-refractivity contribution is -0.123. The SMILES string of the molecule is COc1cc(/C=C2\SC(=O)N(Cc3cccc4ccccc34)C2=O)cc(Br)c1OCc1ccccc1Cl. The van der Waals surface area contributed by atoms with Gasteiger partial charge in [0.15, 0.2) is 11.5 Å². The first kappa shape index (κ1) is 25.4. The maximum atomic E-state index is 13.2. The number of hydrogen-bond acceptors (Lipinski definition) is 5. The van der Waals surface area contributed by atoms with Crippen LogP contribution < -0.4 is 9.47 Å². The summed E-state index contributed by atoms with van der Waals surface area (Å²) in [6, 6.07) is 24.9. The van der Waals surface area contributed by atoms with Crippen LogP contribution in [0.5, 0.6) is 11.5 Å². The van der Waals surface area contributed by atoms with Crippen LogP contribution in [0.4, 0.5) is 4.79 Å². The maximum Gasteiger partial charge on any atom is 0.293 e. The van der Waals surface area contributed by atoms with Crippen LogP contribution in [0, 0.1) is 0 Å². The zero-order valence-corrected chi connectivity index (χ0v) is 22.9. The predicted molar refractivity (Wildman–Crippen MR) is 152 cm³/mol. The molecule has 186 valence electrons. The highest BCUT2D eigenvalue weighted by atomic mass is 79.9. The molecule has 0 saturated carbocycles. The van der Waals surface area contributed by atoms with Gasteiger partial charge in [-0.15, -0.1) is 0 Å². The van der Waals surface area contributed by atoms with Gasteiger partial charge in [-0.1, -0.05) is 72.3 Å². The van der Waals surface area contributed by atoms with Crippen LogP contribution in [0.2, 0.25) is 5.02 Å². The van der Waals surface area contributed by atoms with Crippen molar-refractivity contribution in [1.29, 1.82) is 0 Å². The molecule has 0 aromatic heterocycles. The molecule has 4 aromatic carbocycles. The van der Waals surface area contributed by atoms with E-state index < -0.39 is 0 Å². The quantitative estimate of drug-likeness (QED) is 0.203. The first-order valence-electron chi connectivity index (χ1n) is 11.4. The average molecular weight is 595 g/mol. The standard InChI is InChI=1S/C29H21BrClNO4S/c1-35-25-14-18(13-23(30)27(25)36-17-21-8-3-5-12-24(21)31)15-26-28(33)32(29(34)37-26)16-20-10-6-9-19-7-2-4-11-22(19)20/h2-15H,16-17H2,1H3/b26-15-. The molecule has 0 aliphatic carbocycles. The van der Waals surface area contributed by atoms with Crippen LogP contribution in [0.3, 0.4) is 0 Å². The number of hydrogen-bond donors (Lipinski definition) is 0. The van der Waals surface area contributed by atoms with Crippen LogP contribution in [0.1, 0.15) is 16.7 Å². The molecule has 37 heavy (non-hydrogen) atoms. The molecular formula is C29H21BrClNO4S. The molecule has 1 aliphatic heterocycles. The number of imide groups is 1. The topological polar surface area (TPSA) is 55.8 Å². The number of thioether (sulfide) groups is 1. The van der Waals surface area contributed by atoms with Crippen molar-refractivity contribution in [3.8, 4) is 11.5 Å². The van der Waals surface area contributed by atoms with E-state index in [0.717, 1.165) is 33.7 Å². The van der Waals surface area contributed by atoms with Crippen molar-refractivity contribution >= 4 is 67.3 Å². The summed E-state index contributed by atoms with van der Waals surface area (Å²) < 4.78 is 12.2. The average Bonchev–Trinajstić information content (AvgIpc) is 3.16. The molecule has 0 spiro atoms. The van der Waals surface area contributed by atoms with Gasteiger partial charge < -0.3 is 9.47 Å². The summed E-state index contributed by atoms with van der Waals surface area (Å²) in [5, 5.41) is 2.41. The number of ether oxygens (including phenoxy) is 2. The summed E-state index contributed by atoms with van der Waals surface area (Å²) >= 11 is 10.7. The predicted octanol–water partition coefficient (Wildman–Crippen LogP) is 8.08. The molecule has 8 heteroatoms. The van der Waals surface area contributed by atoms with Gasteiger partial charge in [0.25, 0.3) is 11.1 Å². The molecule has 1 fully saturated rings. The molecule has 1 aliphatic rings. The van der Waals surface area contributed by atoms with Crippen LogP contribution in [-0.4, -0.2) is 23.2 Å². The first-order chi connectivity index (χ1) is 17.9. The number of fused-ring (bicyclic) bond motifs is 1. The van der Waals surface area contributed by atoms with Gasteiger partial charge in [0.2, 0.25) is 0 Å². The maximum absolute atomic E-state index is 13.2. The molecule has 1 saturated heterocycles. The molecular weight excluding hydrogens is 574 g/mol. The number of methoxy groups -OCH3 is 1. The first-order valence-corrected chi connectivity index (χ1v) is 13.4. The smallest absolute Gasteiger partial charge is 0.293 e. The van der Waals surface area contributed by atoms with Gasteiger partial charge in [0.1, 0.15) is 6.61 Å². The molecule has 4 aromatic rings. The Hall–Kier alpha value is -3.26.